The fourth-order valence-electron chi connectivity index (χ4n) is 3.47. The number of rotatable bonds is 10. The lowest BCUT2D eigenvalue weighted by atomic mass is 9.79. The summed E-state index contributed by atoms with van der Waals surface area (Å²) < 4.78 is 10.5. The number of ether oxygens (including phenoxy) is 2. The van der Waals surface area contributed by atoms with Crippen LogP contribution in [-0.2, 0) is 20.7 Å². The lowest BCUT2D eigenvalue weighted by molar-refractivity contribution is -0.159. The van der Waals surface area contributed by atoms with Crippen molar-refractivity contribution in [2.45, 2.75) is 52.6 Å². The molecule has 0 heterocycles. The molecule has 6 nitrogen and oxygen atoms in total. The van der Waals surface area contributed by atoms with Gasteiger partial charge in [-0.1, -0.05) is 48.0 Å². The summed E-state index contributed by atoms with van der Waals surface area (Å²) >= 11 is 6.09. The Labute approximate surface area is 201 Å². The molecular formula is C26H34ClNO5. The molecule has 0 aliphatic carbocycles. The van der Waals surface area contributed by atoms with Crippen LogP contribution in [0.15, 0.2) is 48.5 Å². The summed E-state index contributed by atoms with van der Waals surface area (Å²) in [4.78, 5) is 24.7. The van der Waals surface area contributed by atoms with Crippen LogP contribution in [0, 0.1) is 5.41 Å². The van der Waals surface area contributed by atoms with Crippen molar-refractivity contribution in [1.29, 1.82) is 0 Å². The van der Waals surface area contributed by atoms with E-state index >= 15 is 0 Å². The fraction of sp³-hybridized carbons (Fsp3) is 0.462. The largest absolute Gasteiger partial charge is 0.465 e. The first-order valence-electron chi connectivity index (χ1n) is 11.2. The number of esters is 1. The maximum atomic E-state index is 12.8. The lowest BCUT2D eigenvalue weighted by Gasteiger charge is -2.30. The van der Waals surface area contributed by atoms with Crippen LogP contribution in [0.4, 0.5) is 4.79 Å². The second kappa shape index (κ2) is 12.1. The van der Waals surface area contributed by atoms with Gasteiger partial charge in [-0.25, -0.2) is 4.79 Å². The first kappa shape index (κ1) is 26.7. The number of carbonyl (C=O) groups is 2. The zero-order valence-electron chi connectivity index (χ0n) is 19.8. The quantitative estimate of drug-likeness (QED) is 0.449. The molecule has 1 amide bonds. The molecule has 0 radical (unpaired) electrons. The first-order valence-corrected chi connectivity index (χ1v) is 11.6. The third-order valence-corrected chi connectivity index (χ3v) is 5.52. The summed E-state index contributed by atoms with van der Waals surface area (Å²) in [7, 11) is 0. The normalized spacial score (nSPS) is 13.2. The number of nitrogens with one attached hydrogen (secondary N) is 1. The van der Waals surface area contributed by atoms with Crippen molar-refractivity contribution < 1.29 is 24.2 Å². The number of benzene rings is 2. The summed E-state index contributed by atoms with van der Waals surface area (Å²) in [5.74, 6) is -0.464. The van der Waals surface area contributed by atoms with E-state index < -0.39 is 23.1 Å². The minimum atomic E-state index is -1.11. The van der Waals surface area contributed by atoms with Crippen molar-refractivity contribution in [3.63, 3.8) is 0 Å². The molecule has 0 unspecified atom stereocenters. The highest BCUT2D eigenvalue weighted by Gasteiger charge is 2.39. The van der Waals surface area contributed by atoms with E-state index in [1.54, 1.807) is 27.7 Å². The van der Waals surface area contributed by atoms with E-state index in [0.717, 1.165) is 16.7 Å². The van der Waals surface area contributed by atoms with Crippen LogP contribution < -0.4 is 5.32 Å². The van der Waals surface area contributed by atoms with Crippen molar-refractivity contribution in [1.82, 2.24) is 5.32 Å². The van der Waals surface area contributed by atoms with Crippen molar-refractivity contribution >= 4 is 23.7 Å². The molecule has 33 heavy (non-hydrogen) atoms. The molecule has 2 N–H and O–H groups in total. The zero-order chi connectivity index (χ0) is 24.5. The maximum absolute atomic E-state index is 12.8. The molecule has 2 aromatic rings. The standard InChI is InChI=1S/C26H34ClNO5/c1-5-32-23(30)26(18-29,15-16-28-24(31)33-25(2,3)4)14-13-19-9-11-20(12-10-19)21-7-6-8-22(27)17-21/h6-12,17,29H,5,13-16,18H2,1-4H3,(H,28,31)/t26-/m0/s1. The average Bonchev–Trinajstić information content (AvgIpc) is 2.75. The van der Waals surface area contributed by atoms with E-state index in [4.69, 9.17) is 21.1 Å². The van der Waals surface area contributed by atoms with Crippen LogP contribution in [-0.4, -0.2) is 42.5 Å². The first-order chi connectivity index (χ1) is 15.6. The highest BCUT2D eigenvalue weighted by Crippen LogP contribution is 2.31. The second-order valence-corrected chi connectivity index (χ2v) is 9.48. The monoisotopic (exact) mass is 475 g/mol. The number of halogens is 1. The number of aryl methyl sites for hydroxylation is 1. The Morgan fingerprint density at radius 2 is 1.73 bits per heavy atom. The minimum absolute atomic E-state index is 0.183. The van der Waals surface area contributed by atoms with Gasteiger partial charge in [-0.3, -0.25) is 4.79 Å². The smallest absolute Gasteiger partial charge is 0.407 e. The van der Waals surface area contributed by atoms with Gasteiger partial charge in [-0.2, -0.15) is 0 Å². The molecule has 0 aliphatic heterocycles. The van der Waals surface area contributed by atoms with E-state index in [9.17, 15) is 14.7 Å². The third-order valence-electron chi connectivity index (χ3n) is 5.29. The second-order valence-electron chi connectivity index (χ2n) is 9.04. The Morgan fingerprint density at radius 1 is 1.03 bits per heavy atom. The number of hydrogen-bond acceptors (Lipinski definition) is 5. The topological polar surface area (TPSA) is 84.9 Å². The van der Waals surface area contributed by atoms with Crippen LogP contribution in [0.5, 0.6) is 0 Å². The van der Waals surface area contributed by atoms with E-state index in [1.807, 2.05) is 48.5 Å². The van der Waals surface area contributed by atoms with Crippen LogP contribution in [0.3, 0.4) is 0 Å². The number of hydrogen-bond donors (Lipinski definition) is 2. The number of aliphatic hydroxyl groups excluding tert-OH is 1. The van der Waals surface area contributed by atoms with Crippen LogP contribution >= 0.6 is 11.6 Å². The molecular weight excluding hydrogens is 442 g/mol. The van der Waals surface area contributed by atoms with Gasteiger partial charge in [0, 0.05) is 11.6 Å². The van der Waals surface area contributed by atoms with Crippen LogP contribution in [0.25, 0.3) is 11.1 Å². The zero-order valence-corrected chi connectivity index (χ0v) is 20.6. The highest BCUT2D eigenvalue weighted by atomic mass is 35.5. The van der Waals surface area contributed by atoms with E-state index in [0.29, 0.717) is 17.9 Å². The Balaban J connectivity index is 2.06. The summed E-state index contributed by atoms with van der Waals surface area (Å²) in [5.41, 5.74) is 1.37. The Kier molecular flexibility index (Phi) is 9.74. The van der Waals surface area contributed by atoms with Gasteiger partial charge in [-0.15, -0.1) is 0 Å². The van der Waals surface area contributed by atoms with Crippen molar-refractivity contribution in [2.24, 2.45) is 5.41 Å². The van der Waals surface area contributed by atoms with Gasteiger partial charge in [0.1, 0.15) is 5.60 Å². The summed E-state index contributed by atoms with van der Waals surface area (Å²) in [6.45, 7) is 7.09. The number of carbonyl (C=O) groups excluding carboxylic acids is 2. The number of amides is 1. The molecule has 0 fully saturated rings. The Morgan fingerprint density at radius 3 is 2.30 bits per heavy atom. The number of aliphatic hydroxyl groups is 1. The van der Waals surface area contributed by atoms with Crippen LogP contribution in [0.1, 0.15) is 46.1 Å². The molecule has 0 aliphatic rings. The molecule has 180 valence electrons. The van der Waals surface area contributed by atoms with Gasteiger partial charge in [-0.05, 0) is 75.8 Å². The van der Waals surface area contributed by atoms with E-state index in [-0.39, 0.29) is 26.2 Å². The molecule has 0 bridgehead atoms. The van der Waals surface area contributed by atoms with Gasteiger partial charge in [0.25, 0.3) is 0 Å². The molecule has 0 saturated heterocycles. The fourth-order valence-corrected chi connectivity index (χ4v) is 3.66. The van der Waals surface area contributed by atoms with E-state index in [2.05, 4.69) is 5.32 Å². The molecule has 0 saturated carbocycles. The predicted octanol–water partition coefficient (Wildman–Crippen LogP) is 5.40. The van der Waals surface area contributed by atoms with Gasteiger partial charge in [0.2, 0.25) is 0 Å². The molecule has 0 spiro atoms. The molecule has 1 atom stereocenters. The van der Waals surface area contributed by atoms with Gasteiger partial charge in [0.15, 0.2) is 0 Å². The molecule has 7 heteroatoms. The Hall–Kier alpha value is -2.57. The molecule has 2 aromatic carbocycles. The predicted molar refractivity (Wildman–Crippen MR) is 130 cm³/mol. The SMILES string of the molecule is CCOC(=O)[C@](CO)(CCNC(=O)OC(C)(C)C)CCc1ccc(-c2cccc(Cl)c2)cc1. The van der Waals surface area contributed by atoms with E-state index in [1.165, 1.54) is 0 Å². The Bertz CT molecular complexity index is 923. The minimum Gasteiger partial charge on any atom is -0.465 e. The third kappa shape index (κ3) is 8.37. The van der Waals surface area contributed by atoms with Gasteiger partial charge < -0.3 is 19.9 Å². The number of alkyl carbamates (subject to hydrolysis) is 1. The maximum Gasteiger partial charge on any atom is 0.407 e. The lowest BCUT2D eigenvalue weighted by Crippen LogP contribution is -2.41. The molecule has 2 rings (SSSR count). The van der Waals surface area contributed by atoms with Crippen molar-refractivity contribution in [3.8, 4) is 11.1 Å². The van der Waals surface area contributed by atoms with Crippen LogP contribution in [0.2, 0.25) is 5.02 Å². The summed E-state index contributed by atoms with van der Waals surface area (Å²) in [6.07, 6.45) is 0.633. The van der Waals surface area contributed by atoms with Gasteiger partial charge >= 0.3 is 12.1 Å². The summed E-state index contributed by atoms with van der Waals surface area (Å²) in [6, 6.07) is 15.7. The van der Waals surface area contributed by atoms with Gasteiger partial charge in [0.05, 0.1) is 18.6 Å². The van der Waals surface area contributed by atoms with Crippen molar-refractivity contribution in [2.75, 3.05) is 19.8 Å². The highest BCUT2D eigenvalue weighted by molar-refractivity contribution is 6.30. The average molecular weight is 476 g/mol. The summed E-state index contributed by atoms with van der Waals surface area (Å²) in [5, 5.41) is 13.5. The molecule has 0 aromatic heterocycles. The van der Waals surface area contributed by atoms with Crippen molar-refractivity contribution in [3.05, 3.63) is 59.1 Å².